The third-order valence-electron chi connectivity index (χ3n) is 4.01. The Morgan fingerprint density at radius 2 is 2.16 bits per heavy atom. The number of rotatable bonds is 2. The van der Waals surface area contributed by atoms with Crippen molar-refractivity contribution in [1.29, 1.82) is 0 Å². The van der Waals surface area contributed by atoms with E-state index in [1.807, 2.05) is 18.2 Å². The van der Waals surface area contributed by atoms with E-state index in [9.17, 15) is 4.79 Å². The molecule has 0 heterocycles. The van der Waals surface area contributed by atoms with E-state index >= 15 is 0 Å². The topological polar surface area (TPSA) is 29.1 Å². The Bertz CT molecular complexity index is 487. The van der Waals surface area contributed by atoms with Crippen molar-refractivity contribution in [2.75, 3.05) is 5.32 Å². The molecule has 1 aromatic rings. The zero-order chi connectivity index (χ0) is 14.0. The van der Waals surface area contributed by atoms with Crippen molar-refractivity contribution in [3.8, 4) is 0 Å². The summed E-state index contributed by atoms with van der Waals surface area (Å²) in [7, 11) is 0. The molecule has 2 nitrogen and oxygen atoms in total. The average Bonchev–Trinajstić information content (AvgIpc) is 2.32. The van der Waals surface area contributed by atoms with E-state index in [4.69, 9.17) is 11.6 Å². The van der Waals surface area contributed by atoms with Crippen LogP contribution in [0.3, 0.4) is 0 Å². The van der Waals surface area contributed by atoms with Crippen molar-refractivity contribution in [2.45, 2.75) is 39.5 Å². The highest BCUT2D eigenvalue weighted by atomic mass is 127. The SMILES string of the molecule is CC1(C)CCCCC1C(=O)Nc1ccc(I)cc1Cl. The van der Waals surface area contributed by atoms with Gasteiger partial charge in [-0.25, -0.2) is 0 Å². The fourth-order valence-electron chi connectivity index (χ4n) is 2.79. The van der Waals surface area contributed by atoms with Crippen LogP contribution in [0.2, 0.25) is 5.02 Å². The van der Waals surface area contributed by atoms with Crippen LogP contribution in [0.25, 0.3) is 0 Å². The first-order chi connectivity index (χ1) is 8.90. The number of amides is 1. The molecule has 0 radical (unpaired) electrons. The first-order valence-corrected chi connectivity index (χ1v) is 8.12. The third kappa shape index (κ3) is 3.63. The average molecular weight is 392 g/mol. The molecule has 0 saturated heterocycles. The van der Waals surface area contributed by atoms with Crippen LogP contribution in [0.15, 0.2) is 18.2 Å². The minimum atomic E-state index is 0.0802. The summed E-state index contributed by atoms with van der Waals surface area (Å²) in [6.07, 6.45) is 4.45. The molecule has 19 heavy (non-hydrogen) atoms. The lowest BCUT2D eigenvalue weighted by molar-refractivity contribution is -0.124. The van der Waals surface area contributed by atoms with Crippen molar-refractivity contribution in [3.63, 3.8) is 0 Å². The summed E-state index contributed by atoms with van der Waals surface area (Å²) in [6.45, 7) is 4.37. The molecule has 1 saturated carbocycles. The second kappa shape index (κ2) is 6.00. The minimum Gasteiger partial charge on any atom is -0.325 e. The van der Waals surface area contributed by atoms with Gasteiger partial charge in [0.2, 0.25) is 5.91 Å². The lowest BCUT2D eigenvalue weighted by Crippen LogP contribution is -2.37. The summed E-state index contributed by atoms with van der Waals surface area (Å²) in [5, 5.41) is 3.59. The van der Waals surface area contributed by atoms with E-state index in [1.165, 1.54) is 6.42 Å². The maximum atomic E-state index is 12.4. The number of halogens is 2. The van der Waals surface area contributed by atoms with Gasteiger partial charge in [0, 0.05) is 9.49 Å². The Hall–Kier alpha value is -0.290. The van der Waals surface area contributed by atoms with Crippen molar-refractivity contribution in [2.24, 2.45) is 11.3 Å². The molecule has 1 N–H and O–H groups in total. The van der Waals surface area contributed by atoms with Crippen LogP contribution < -0.4 is 5.32 Å². The van der Waals surface area contributed by atoms with Crippen LogP contribution in [0.4, 0.5) is 5.69 Å². The van der Waals surface area contributed by atoms with Gasteiger partial charge < -0.3 is 5.32 Å². The molecule has 4 heteroatoms. The van der Waals surface area contributed by atoms with E-state index in [0.29, 0.717) is 10.7 Å². The van der Waals surface area contributed by atoms with E-state index < -0.39 is 0 Å². The summed E-state index contributed by atoms with van der Waals surface area (Å²) in [6, 6.07) is 5.69. The molecule has 0 spiro atoms. The standard InChI is InChI=1S/C15H19ClINO/c1-15(2)8-4-3-5-11(15)14(19)18-13-7-6-10(17)9-12(13)16/h6-7,9,11H,3-5,8H2,1-2H3,(H,18,19). The molecule has 2 rings (SSSR count). The number of carbonyl (C=O) groups is 1. The number of benzene rings is 1. The predicted octanol–water partition coefficient (Wildman–Crippen LogP) is 5.10. The molecule has 1 amide bonds. The van der Waals surface area contributed by atoms with E-state index in [-0.39, 0.29) is 17.2 Å². The zero-order valence-electron chi connectivity index (χ0n) is 11.3. The summed E-state index contributed by atoms with van der Waals surface area (Å²) < 4.78 is 1.07. The Labute approximate surface area is 133 Å². The van der Waals surface area contributed by atoms with Crippen molar-refractivity contribution < 1.29 is 4.79 Å². The third-order valence-corrected chi connectivity index (χ3v) is 5.00. The van der Waals surface area contributed by atoms with Crippen LogP contribution in [0.5, 0.6) is 0 Å². The zero-order valence-corrected chi connectivity index (χ0v) is 14.2. The molecule has 1 aliphatic carbocycles. The number of carbonyl (C=O) groups excluding carboxylic acids is 1. The van der Waals surface area contributed by atoms with Crippen LogP contribution in [0.1, 0.15) is 39.5 Å². The second-order valence-corrected chi connectivity index (χ2v) is 7.55. The van der Waals surface area contributed by atoms with Crippen molar-refractivity contribution >= 4 is 45.8 Å². The van der Waals surface area contributed by atoms with Gasteiger partial charge >= 0.3 is 0 Å². The van der Waals surface area contributed by atoms with Gasteiger partial charge in [-0.2, -0.15) is 0 Å². The predicted molar refractivity (Wildman–Crippen MR) is 88.5 cm³/mol. The molecule has 1 fully saturated rings. The van der Waals surface area contributed by atoms with Crippen LogP contribution in [0, 0.1) is 14.9 Å². The lowest BCUT2D eigenvalue weighted by atomic mass is 9.68. The number of hydrogen-bond donors (Lipinski definition) is 1. The van der Waals surface area contributed by atoms with Crippen molar-refractivity contribution in [3.05, 3.63) is 26.8 Å². The second-order valence-electron chi connectivity index (χ2n) is 5.90. The van der Waals surface area contributed by atoms with Crippen LogP contribution >= 0.6 is 34.2 Å². The Balaban J connectivity index is 2.12. The molecule has 0 aromatic heterocycles. The number of hydrogen-bond acceptors (Lipinski definition) is 1. The molecule has 1 aromatic carbocycles. The van der Waals surface area contributed by atoms with Crippen molar-refractivity contribution in [1.82, 2.24) is 0 Å². The molecule has 104 valence electrons. The lowest BCUT2D eigenvalue weighted by Gasteiger charge is -2.37. The Kier molecular flexibility index (Phi) is 4.77. The maximum Gasteiger partial charge on any atom is 0.228 e. The summed E-state index contributed by atoms with van der Waals surface area (Å²) in [5.41, 5.74) is 0.798. The van der Waals surface area contributed by atoms with Gasteiger partial charge in [-0.05, 0) is 59.0 Å². The highest BCUT2D eigenvalue weighted by Gasteiger charge is 2.37. The van der Waals surface area contributed by atoms with Crippen LogP contribution in [-0.2, 0) is 4.79 Å². The van der Waals surface area contributed by atoms with Crippen LogP contribution in [-0.4, -0.2) is 5.91 Å². The van der Waals surface area contributed by atoms with Gasteiger partial charge in [0.25, 0.3) is 0 Å². The Morgan fingerprint density at radius 1 is 1.42 bits per heavy atom. The fraction of sp³-hybridized carbons (Fsp3) is 0.533. The first-order valence-electron chi connectivity index (χ1n) is 6.66. The summed E-state index contributed by atoms with van der Waals surface area (Å²) in [5.74, 6) is 0.185. The summed E-state index contributed by atoms with van der Waals surface area (Å²) in [4.78, 5) is 12.4. The first kappa shape index (κ1) is 15.1. The minimum absolute atomic E-state index is 0.0802. The van der Waals surface area contributed by atoms with Gasteiger partial charge in [0.15, 0.2) is 0 Å². The smallest absolute Gasteiger partial charge is 0.228 e. The van der Waals surface area contributed by atoms with Gasteiger partial charge in [-0.15, -0.1) is 0 Å². The van der Waals surface area contributed by atoms with Gasteiger partial charge in [-0.3, -0.25) is 4.79 Å². The largest absolute Gasteiger partial charge is 0.325 e. The van der Waals surface area contributed by atoms with E-state index in [2.05, 4.69) is 41.8 Å². The Morgan fingerprint density at radius 3 is 2.79 bits per heavy atom. The number of nitrogens with one attached hydrogen (secondary N) is 1. The quantitative estimate of drug-likeness (QED) is 0.698. The molecule has 1 atom stereocenters. The molecular formula is C15H19ClINO. The maximum absolute atomic E-state index is 12.4. The summed E-state index contributed by atoms with van der Waals surface area (Å²) >= 11 is 8.37. The molecule has 1 unspecified atom stereocenters. The monoisotopic (exact) mass is 391 g/mol. The highest BCUT2D eigenvalue weighted by molar-refractivity contribution is 14.1. The number of anilines is 1. The fourth-order valence-corrected chi connectivity index (χ4v) is 3.69. The normalized spacial score (nSPS) is 22.0. The van der Waals surface area contributed by atoms with Gasteiger partial charge in [0.05, 0.1) is 10.7 Å². The van der Waals surface area contributed by atoms with E-state index in [1.54, 1.807) is 0 Å². The molecular weight excluding hydrogens is 373 g/mol. The molecule has 1 aliphatic rings. The van der Waals surface area contributed by atoms with Gasteiger partial charge in [0.1, 0.15) is 0 Å². The van der Waals surface area contributed by atoms with E-state index in [0.717, 1.165) is 22.8 Å². The highest BCUT2D eigenvalue weighted by Crippen LogP contribution is 2.41. The molecule has 0 aliphatic heterocycles. The van der Waals surface area contributed by atoms with Gasteiger partial charge in [-0.1, -0.05) is 38.3 Å². The molecule has 0 bridgehead atoms.